The summed E-state index contributed by atoms with van der Waals surface area (Å²) in [7, 11) is 0. The van der Waals surface area contributed by atoms with Gasteiger partial charge < -0.3 is 15.2 Å². The van der Waals surface area contributed by atoms with Crippen LogP contribution in [0, 0.1) is 0 Å². The third kappa shape index (κ3) is 5.88. The number of benzene rings is 1. The number of halogens is 1. The molecule has 1 aromatic carbocycles. The second-order valence-electron chi connectivity index (χ2n) is 3.98. The topological polar surface area (TPSA) is 75.6 Å². The third-order valence-electron chi connectivity index (χ3n) is 2.26. The summed E-state index contributed by atoms with van der Waals surface area (Å²) in [5, 5.41) is 10.7. The van der Waals surface area contributed by atoms with E-state index in [2.05, 4.69) is 21.2 Å². The lowest BCUT2D eigenvalue weighted by molar-refractivity contribution is -0.137. The number of carbonyl (C=O) groups excluding carboxylic acids is 1. The molecule has 1 rings (SSSR count). The molecule has 0 aliphatic heterocycles. The molecule has 0 aromatic heterocycles. The summed E-state index contributed by atoms with van der Waals surface area (Å²) in [6.07, 6.45) is 3.76. The summed E-state index contributed by atoms with van der Waals surface area (Å²) < 4.78 is 6.44. The van der Waals surface area contributed by atoms with Crippen molar-refractivity contribution >= 4 is 33.9 Å². The van der Waals surface area contributed by atoms with E-state index in [4.69, 9.17) is 9.84 Å². The van der Waals surface area contributed by atoms with E-state index in [1.165, 1.54) is 6.08 Å². The Morgan fingerprint density at radius 3 is 2.85 bits per heavy atom. The van der Waals surface area contributed by atoms with Gasteiger partial charge in [-0.05, 0) is 30.7 Å². The highest BCUT2D eigenvalue weighted by molar-refractivity contribution is 9.10. The third-order valence-corrected chi connectivity index (χ3v) is 2.75. The molecule has 1 amide bonds. The minimum atomic E-state index is -1.08. The molecule has 0 fully saturated rings. The van der Waals surface area contributed by atoms with Gasteiger partial charge in [0.2, 0.25) is 5.91 Å². The summed E-state index contributed by atoms with van der Waals surface area (Å²) in [4.78, 5) is 21.7. The van der Waals surface area contributed by atoms with Crippen molar-refractivity contribution < 1.29 is 19.4 Å². The molecule has 0 bridgehead atoms. The van der Waals surface area contributed by atoms with Crippen molar-refractivity contribution in [3.63, 3.8) is 0 Å². The van der Waals surface area contributed by atoms with Crippen LogP contribution in [0.2, 0.25) is 0 Å². The van der Waals surface area contributed by atoms with Crippen LogP contribution in [0.1, 0.15) is 18.9 Å². The normalized spacial score (nSPS) is 10.5. The highest BCUT2D eigenvalue weighted by atomic mass is 79.9. The van der Waals surface area contributed by atoms with Crippen molar-refractivity contribution in [1.82, 2.24) is 5.32 Å². The molecular formula is C14H16BrNO4. The fourth-order valence-corrected chi connectivity index (χ4v) is 1.76. The van der Waals surface area contributed by atoms with Gasteiger partial charge in [-0.1, -0.05) is 22.9 Å². The minimum absolute atomic E-state index is 0.402. The fraction of sp³-hybridized carbons (Fsp3) is 0.286. The van der Waals surface area contributed by atoms with Crippen molar-refractivity contribution in [2.75, 3.05) is 13.2 Å². The van der Waals surface area contributed by atoms with Crippen LogP contribution in [-0.4, -0.2) is 30.1 Å². The molecule has 0 aliphatic rings. The van der Waals surface area contributed by atoms with Crippen LogP contribution in [0.15, 0.2) is 28.7 Å². The number of carboxylic acid groups (broad SMARTS) is 1. The lowest BCUT2D eigenvalue weighted by atomic mass is 10.2. The molecule has 20 heavy (non-hydrogen) atoms. The summed E-state index contributed by atoms with van der Waals surface area (Å²) in [5.74, 6) is -0.868. The number of rotatable bonds is 7. The first-order valence-electron chi connectivity index (χ1n) is 6.13. The summed E-state index contributed by atoms with van der Waals surface area (Å²) in [5.41, 5.74) is 0.748. The second-order valence-corrected chi connectivity index (χ2v) is 4.89. The SMILES string of the molecule is CCCOc1ccc(Br)cc1C=CC(=O)NCC(=O)O. The first-order chi connectivity index (χ1) is 9.52. The van der Waals surface area contributed by atoms with Gasteiger partial charge in [0.15, 0.2) is 0 Å². The molecule has 2 N–H and O–H groups in total. The smallest absolute Gasteiger partial charge is 0.322 e. The van der Waals surface area contributed by atoms with Gasteiger partial charge in [0.1, 0.15) is 12.3 Å². The van der Waals surface area contributed by atoms with Gasteiger partial charge in [-0.2, -0.15) is 0 Å². The van der Waals surface area contributed by atoms with Crippen LogP contribution in [0.4, 0.5) is 0 Å². The molecule has 0 unspecified atom stereocenters. The first kappa shape index (κ1) is 16.2. The van der Waals surface area contributed by atoms with E-state index in [-0.39, 0.29) is 0 Å². The number of ether oxygens (including phenoxy) is 1. The zero-order valence-electron chi connectivity index (χ0n) is 11.1. The lowest BCUT2D eigenvalue weighted by Gasteiger charge is -2.08. The van der Waals surface area contributed by atoms with Crippen LogP contribution in [0.3, 0.4) is 0 Å². The van der Waals surface area contributed by atoms with E-state index < -0.39 is 18.4 Å². The Morgan fingerprint density at radius 1 is 1.45 bits per heavy atom. The van der Waals surface area contributed by atoms with Gasteiger partial charge in [0.25, 0.3) is 0 Å². The molecule has 0 radical (unpaired) electrons. The molecule has 0 saturated carbocycles. The average Bonchev–Trinajstić information content (AvgIpc) is 2.41. The number of amides is 1. The average molecular weight is 342 g/mol. The summed E-state index contributed by atoms with van der Waals surface area (Å²) in [6.45, 7) is 2.20. The van der Waals surface area contributed by atoms with E-state index in [1.807, 2.05) is 25.1 Å². The van der Waals surface area contributed by atoms with Crippen molar-refractivity contribution in [2.24, 2.45) is 0 Å². The zero-order chi connectivity index (χ0) is 15.0. The minimum Gasteiger partial charge on any atom is -0.493 e. The van der Waals surface area contributed by atoms with Crippen LogP contribution in [0.25, 0.3) is 6.08 Å². The van der Waals surface area contributed by atoms with E-state index in [9.17, 15) is 9.59 Å². The summed E-state index contributed by atoms with van der Waals surface area (Å²) in [6, 6.07) is 5.49. The highest BCUT2D eigenvalue weighted by Gasteiger charge is 2.03. The van der Waals surface area contributed by atoms with Crippen molar-refractivity contribution in [1.29, 1.82) is 0 Å². The molecule has 1 aromatic rings. The van der Waals surface area contributed by atoms with Crippen LogP contribution in [-0.2, 0) is 9.59 Å². The van der Waals surface area contributed by atoms with Gasteiger partial charge in [-0.15, -0.1) is 0 Å². The van der Waals surface area contributed by atoms with Crippen LogP contribution in [0.5, 0.6) is 5.75 Å². The number of aliphatic carboxylic acids is 1. The molecule has 0 heterocycles. The Balaban J connectivity index is 2.76. The number of hydrogen-bond donors (Lipinski definition) is 2. The van der Waals surface area contributed by atoms with Crippen molar-refractivity contribution in [2.45, 2.75) is 13.3 Å². The number of carboxylic acids is 1. The molecule has 108 valence electrons. The van der Waals surface area contributed by atoms with E-state index in [1.54, 1.807) is 6.08 Å². The number of carbonyl (C=O) groups is 2. The van der Waals surface area contributed by atoms with Crippen LogP contribution >= 0.6 is 15.9 Å². The first-order valence-corrected chi connectivity index (χ1v) is 6.92. The Hall–Kier alpha value is -1.82. The lowest BCUT2D eigenvalue weighted by Crippen LogP contribution is -2.27. The fourth-order valence-electron chi connectivity index (χ4n) is 1.38. The summed E-state index contributed by atoms with van der Waals surface area (Å²) >= 11 is 3.35. The Morgan fingerprint density at radius 2 is 2.20 bits per heavy atom. The molecule has 0 atom stereocenters. The zero-order valence-corrected chi connectivity index (χ0v) is 12.6. The maximum atomic E-state index is 11.4. The van der Waals surface area contributed by atoms with Gasteiger partial charge in [-0.3, -0.25) is 9.59 Å². The van der Waals surface area contributed by atoms with Gasteiger partial charge in [0, 0.05) is 16.1 Å². The Bertz CT molecular complexity index is 514. The van der Waals surface area contributed by atoms with E-state index in [0.717, 1.165) is 16.5 Å². The number of hydrogen-bond acceptors (Lipinski definition) is 3. The van der Waals surface area contributed by atoms with Crippen molar-refractivity contribution in [3.8, 4) is 5.75 Å². The molecule has 0 saturated heterocycles. The molecule has 6 heteroatoms. The second kappa shape index (κ2) is 8.37. The quantitative estimate of drug-likeness (QED) is 0.747. The molecular weight excluding hydrogens is 326 g/mol. The Kier molecular flexibility index (Phi) is 6.79. The van der Waals surface area contributed by atoms with Crippen molar-refractivity contribution in [3.05, 3.63) is 34.3 Å². The maximum Gasteiger partial charge on any atom is 0.322 e. The van der Waals surface area contributed by atoms with Gasteiger partial charge in [-0.25, -0.2) is 0 Å². The predicted molar refractivity (Wildman–Crippen MR) is 79.6 cm³/mol. The monoisotopic (exact) mass is 341 g/mol. The highest BCUT2D eigenvalue weighted by Crippen LogP contribution is 2.24. The Labute approximate surface area is 125 Å². The van der Waals surface area contributed by atoms with Crippen LogP contribution < -0.4 is 10.1 Å². The standard InChI is InChI=1S/C14H16BrNO4/c1-2-7-20-12-5-4-11(15)8-10(12)3-6-13(17)16-9-14(18)19/h3-6,8H,2,7,9H2,1H3,(H,16,17)(H,18,19). The largest absolute Gasteiger partial charge is 0.493 e. The predicted octanol–water partition coefficient (Wildman–Crippen LogP) is 2.45. The van der Waals surface area contributed by atoms with Gasteiger partial charge >= 0.3 is 5.97 Å². The molecule has 0 spiro atoms. The molecule has 5 nitrogen and oxygen atoms in total. The maximum absolute atomic E-state index is 11.4. The van der Waals surface area contributed by atoms with E-state index in [0.29, 0.717) is 12.4 Å². The number of nitrogens with one attached hydrogen (secondary N) is 1. The van der Waals surface area contributed by atoms with E-state index >= 15 is 0 Å². The molecule has 0 aliphatic carbocycles. The van der Waals surface area contributed by atoms with Gasteiger partial charge in [0.05, 0.1) is 6.61 Å².